The van der Waals surface area contributed by atoms with Gasteiger partial charge in [-0.2, -0.15) is 0 Å². The van der Waals surface area contributed by atoms with Crippen LogP contribution in [0.25, 0.3) is 0 Å². The van der Waals surface area contributed by atoms with Crippen molar-refractivity contribution < 1.29 is 4.79 Å². The van der Waals surface area contributed by atoms with Crippen LogP contribution in [-0.2, 0) is 24.3 Å². The maximum Gasteiger partial charge on any atom is 0.222 e. The van der Waals surface area contributed by atoms with Crippen molar-refractivity contribution in [1.82, 2.24) is 15.5 Å². The van der Waals surface area contributed by atoms with E-state index in [1.54, 1.807) is 0 Å². The summed E-state index contributed by atoms with van der Waals surface area (Å²) < 4.78 is 0. The standard InChI is InChI=1S/C23H32N4OS.HI/c1-4-24-23(26-17(2)14-21-12-11-18(3)29-21)25-15-19-8-5-6-9-20(19)16-27-13-7-10-22(27)28;/h5-6,8-9,11-12,17H,4,7,10,13-16H2,1-3H3,(H2,24,25,26);1H. The average molecular weight is 541 g/mol. The highest BCUT2D eigenvalue weighted by atomic mass is 127. The lowest BCUT2D eigenvalue weighted by atomic mass is 10.1. The van der Waals surface area contributed by atoms with E-state index in [0.29, 0.717) is 25.6 Å². The first-order valence-electron chi connectivity index (χ1n) is 10.5. The number of hydrogen-bond acceptors (Lipinski definition) is 3. The van der Waals surface area contributed by atoms with Crippen molar-refractivity contribution in [3.63, 3.8) is 0 Å². The lowest BCUT2D eigenvalue weighted by molar-refractivity contribution is -0.128. The van der Waals surface area contributed by atoms with Gasteiger partial charge in [0.15, 0.2) is 5.96 Å². The average Bonchev–Trinajstić information content (AvgIpc) is 3.29. The molecule has 1 fully saturated rings. The number of rotatable bonds is 8. The quantitative estimate of drug-likeness (QED) is 0.295. The van der Waals surface area contributed by atoms with Crippen LogP contribution in [0.3, 0.4) is 0 Å². The maximum atomic E-state index is 12.0. The smallest absolute Gasteiger partial charge is 0.222 e. The van der Waals surface area contributed by atoms with Crippen molar-refractivity contribution in [2.45, 2.75) is 59.2 Å². The van der Waals surface area contributed by atoms with E-state index in [-0.39, 0.29) is 29.9 Å². The second-order valence-corrected chi connectivity index (χ2v) is 9.02. The molecule has 1 atom stereocenters. The number of amides is 1. The van der Waals surface area contributed by atoms with E-state index in [0.717, 1.165) is 31.9 Å². The van der Waals surface area contributed by atoms with Gasteiger partial charge >= 0.3 is 0 Å². The van der Waals surface area contributed by atoms with Crippen LogP contribution in [0.1, 0.15) is 47.6 Å². The molecule has 0 radical (unpaired) electrons. The Kier molecular flexibility index (Phi) is 10.1. The van der Waals surface area contributed by atoms with Crippen LogP contribution in [0.5, 0.6) is 0 Å². The summed E-state index contributed by atoms with van der Waals surface area (Å²) in [5, 5.41) is 6.88. The Morgan fingerprint density at radius 3 is 2.63 bits per heavy atom. The SMILES string of the molecule is CCNC(=NCc1ccccc1CN1CCCC1=O)NC(C)Cc1ccc(C)s1.I. The Bertz CT molecular complexity index is 851. The summed E-state index contributed by atoms with van der Waals surface area (Å²) in [4.78, 5) is 21.5. The number of guanidine groups is 1. The van der Waals surface area contributed by atoms with Gasteiger partial charge in [-0.15, -0.1) is 35.3 Å². The maximum absolute atomic E-state index is 12.0. The summed E-state index contributed by atoms with van der Waals surface area (Å²) >= 11 is 1.85. The molecule has 0 spiro atoms. The number of halogens is 1. The number of aryl methyl sites for hydroxylation is 1. The number of carbonyl (C=O) groups is 1. The van der Waals surface area contributed by atoms with Crippen LogP contribution in [0.4, 0.5) is 0 Å². The first-order valence-corrected chi connectivity index (χ1v) is 11.3. The summed E-state index contributed by atoms with van der Waals surface area (Å²) in [6, 6.07) is 13.0. The first kappa shape index (κ1) is 24.7. The molecule has 1 aliphatic rings. The molecule has 7 heteroatoms. The van der Waals surface area contributed by atoms with Crippen LogP contribution < -0.4 is 10.6 Å². The zero-order chi connectivity index (χ0) is 20.6. The lowest BCUT2D eigenvalue weighted by Crippen LogP contribution is -2.43. The molecule has 1 saturated heterocycles. The van der Waals surface area contributed by atoms with Gasteiger partial charge in [-0.1, -0.05) is 24.3 Å². The predicted octanol–water partition coefficient (Wildman–Crippen LogP) is 4.48. The van der Waals surface area contributed by atoms with Gasteiger partial charge in [0.05, 0.1) is 6.54 Å². The third-order valence-electron chi connectivity index (χ3n) is 5.09. The summed E-state index contributed by atoms with van der Waals surface area (Å²) in [6.45, 7) is 9.37. The second kappa shape index (κ2) is 12.3. The fourth-order valence-electron chi connectivity index (χ4n) is 3.61. The first-order chi connectivity index (χ1) is 14.0. The molecule has 0 saturated carbocycles. The van der Waals surface area contributed by atoms with Gasteiger partial charge in [0.25, 0.3) is 0 Å². The van der Waals surface area contributed by atoms with Crippen molar-refractivity contribution in [2.24, 2.45) is 4.99 Å². The topological polar surface area (TPSA) is 56.7 Å². The molecule has 1 aromatic heterocycles. The normalized spacial score (nSPS) is 15.1. The molecule has 2 N–H and O–H groups in total. The minimum atomic E-state index is 0. The molecule has 1 aromatic carbocycles. The largest absolute Gasteiger partial charge is 0.357 e. The number of thiophene rings is 1. The van der Waals surface area contributed by atoms with Gasteiger partial charge in [0.2, 0.25) is 5.91 Å². The van der Waals surface area contributed by atoms with Crippen LogP contribution in [0.15, 0.2) is 41.4 Å². The van der Waals surface area contributed by atoms with E-state index in [2.05, 4.69) is 55.7 Å². The Labute approximate surface area is 201 Å². The Morgan fingerprint density at radius 1 is 1.23 bits per heavy atom. The van der Waals surface area contributed by atoms with Crippen molar-refractivity contribution in [2.75, 3.05) is 13.1 Å². The zero-order valence-corrected chi connectivity index (χ0v) is 21.3. The van der Waals surface area contributed by atoms with Gasteiger partial charge in [0, 0.05) is 48.3 Å². The van der Waals surface area contributed by atoms with Gasteiger partial charge in [0.1, 0.15) is 0 Å². The van der Waals surface area contributed by atoms with E-state index >= 15 is 0 Å². The monoisotopic (exact) mass is 540 g/mol. The molecule has 1 unspecified atom stereocenters. The van der Waals surface area contributed by atoms with Crippen LogP contribution in [-0.4, -0.2) is 35.9 Å². The Hall–Kier alpha value is -1.61. The minimum Gasteiger partial charge on any atom is -0.357 e. The fraction of sp³-hybridized carbons (Fsp3) is 0.478. The van der Waals surface area contributed by atoms with Crippen molar-refractivity contribution in [3.8, 4) is 0 Å². The van der Waals surface area contributed by atoms with Crippen LogP contribution in [0, 0.1) is 6.92 Å². The van der Waals surface area contributed by atoms with Gasteiger partial charge in [-0.25, -0.2) is 4.99 Å². The molecule has 0 bridgehead atoms. The molecule has 2 heterocycles. The molecular weight excluding hydrogens is 507 g/mol. The van der Waals surface area contributed by atoms with Crippen molar-refractivity contribution in [1.29, 1.82) is 0 Å². The van der Waals surface area contributed by atoms with E-state index < -0.39 is 0 Å². The van der Waals surface area contributed by atoms with E-state index in [1.165, 1.54) is 20.9 Å². The van der Waals surface area contributed by atoms with Gasteiger partial charge in [-0.05, 0) is 50.5 Å². The summed E-state index contributed by atoms with van der Waals surface area (Å²) in [5.74, 6) is 1.09. The number of carbonyl (C=O) groups excluding carboxylic acids is 1. The molecule has 3 rings (SSSR count). The van der Waals surface area contributed by atoms with Crippen molar-refractivity contribution in [3.05, 3.63) is 57.3 Å². The molecule has 2 aromatic rings. The summed E-state index contributed by atoms with van der Waals surface area (Å²) in [5.41, 5.74) is 2.36. The number of benzene rings is 1. The highest BCUT2D eigenvalue weighted by Gasteiger charge is 2.20. The molecule has 30 heavy (non-hydrogen) atoms. The highest BCUT2D eigenvalue weighted by molar-refractivity contribution is 14.0. The Morgan fingerprint density at radius 2 is 2.00 bits per heavy atom. The molecule has 0 aliphatic carbocycles. The zero-order valence-electron chi connectivity index (χ0n) is 18.1. The minimum absolute atomic E-state index is 0. The van der Waals surface area contributed by atoms with Crippen LogP contribution in [0.2, 0.25) is 0 Å². The fourth-order valence-corrected chi connectivity index (χ4v) is 4.63. The molecule has 1 aliphatic heterocycles. The third-order valence-corrected chi connectivity index (χ3v) is 6.11. The predicted molar refractivity (Wildman–Crippen MR) is 137 cm³/mol. The highest BCUT2D eigenvalue weighted by Crippen LogP contribution is 2.18. The second-order valence-electron chi connectivity index (χ2n) is 7.64. The number of nitrogens with one attached hydrogen (secondary N) is 2. The molecule has 1 amide bonds. The summed E-state index contributed by atoms with van der Waals surface area (Å²) in [6.07, 6.45) is 2.63. The Balaban J connectivity index is 0.00000320. The number of hydrogen-bond donors (Lipinski definition) is 2. The lowest BCUT2D eigenvalue weighted by Gasteiger charge is -2.19. The van der Waals surface area contributed by atoms with E-state index in [1.807, 2.05) is 28.4 Å². The number of nitrogens with zero attached hydrogens (tertiary/aromatic N) is 2. The van der Waals surface area contributed by atoms with Crippen LogP contribution >= 0.6 is 35.3 Å². The van der Waals surface area contributed by atoms with Crippen molar-refractivity contribution >= 4 is 47.2 Å². The summed E-state index contributed by atoms with van der Waals surface area (Å²) in [7, 11) is 0. The molecule has 5 nitrogen and oxygen atoms in total. The third kappa shape index (κ3) is 7.27. The number of aliphatic imine (C=N–C) groups is 1. The molecular formula is C23H33IN4OS. The van der Waals surface area contributed by atoms with Gasteiger partial charge < -0.3 is 15.5 Å². The molecule has 164 valence electrons. The van der Waals surface area contributed by atoms with E-state index in [9.17, 15) is 4.79 Å². The van der Waals surface area contributed by atoms with Gasteiger partial charge in [-0.3, -0.25) is 4.79 Å². The van der Waals surface area contributed by atoms with E-state index in [4.69, 9.17) is 4.99 Å². The number of likely N-dealkylation sites (tertiary alicyclic amines) is 1.